The van der Waals surface area contributed by atoms with Gasteiger partial charge in [-0.05, 0) is 38.3 Å². The van der Waals surface area contributed by atoms with Gasteiger partial charge in [0.1, 0.15) is 5.75 Å². The largest absolute Gasteiger partial charge is 0.493 e. The molecule has 0 saturated heterocycles. The first-order chi connectivity index (χ1) is 9.94. The van der Waals surface area contributed by atoms with Gasteiger partial charge in [0.2, 0.25) is 5.91 Å². The van der Waals surface area contributed by atoms with Crippen molar-refractivity contribution in [3.8, 4) is 5.75 Å². The van der Waals surface area contributed by atoms with Crippen LogP contribution in [0.3, 0.4) is 0 Å². The molecule has 0 radical (unpaired) electrons. The molecule has 0 aromatic heterocycles. The van der Waals surface area contributed by atoms with Crippen LogP contribution in [0.1, 0.15) is 51.1 Å². The number of rotatable bonds is 4. The lowest BCUT2D eigenvalue weighted by Gasteiger charge is -2.27. The van der Waals surface area contributed by atoms with Crippen LogP contribution in [0.25, 0.3) is 0 Å². The third kappa shape index (κ3) is 3.89. The molecule has 4 nitrogen and oxygen atoms in total. The lowest BCUT2D eigenvalue weighted by Crippen LogP contribution is -2.52. The minimum atomic E-state index is -0.839. The Balaban J connectivity index is 2.19. The molecule has 0 bridgehead atoms. The van der Waals surface area contributed by atoms with Crippen LogP contribution >= 0.6 is 11.6 Å². The highest BCUT2D eigenvalue weighted by molar-refractivity contribution is 6.30. The van der Waals surface area contributed by atoms with E-state index in [2.05, 4.69) is 5.32 Å². The number of nitrogens with two attached hydrogens (primary N) is 1. The maximum atomic E-state index is 12.4. The molecule has 0 spiro atoms. The quantitative estimate of drug-likeness (QED) is 0.897. The smallest absolute Gasteiger partial charge is 0.240 e. The van der Waals surface area contributed by atoms with Gasteiger partial charge in [-0.25, -0.2) is 0 Å². The summed E-state index contributed by atoms with van der Waals surface area (Å²) in [5.41, 5.74) is 6.24. The first-order valence-electron chi connectivity index (χ1n) is 7.46. The molecule has 1 aromatic carbocycles. The zero-order valence-corrected chi connectivity index (χ0v) is 13.4. The fourth-order valence-corrected chi connectivity index (χ4v) is 2.81. The summed E-state index contributed by atoms with van der Waals surface area (Å²) < 4.78 is 5.71. The molecule has 0 saturated carbocycles. The van der Waals surface area contributed by atoms with E-state index in [1.165, 1.54) is 0 Å². The molecule has 1 aromatic rings. The number of benzene rings is 1. The number of nitrogens with one attached hydrogen (secondary N) is 1. The first kappa shape index (κ1) is 16.1. The van der Waals surface area contributed by atoms with Gasteiger partial charge >= 0.3 is 0 Å². The van der Waals surface area contributed by atoms with Crippen molar-refractivity contribution in [2.24, 2.45) is 5.73 Å². The monoisotopic (exact) mass is 310 g/mol. The third-order valence-electron chi connectivity index (χ3n) is 3.84. The molecule has 21 heavy (non-hydrogen) atoms. The predicted molar refractivity (Wildman–Crippen MR) is 84.6 cm³/mol. The van der Waals surface area contributed by atoms with Crippen LogP contribution in [0.4, 0.5) is 0 Å². The van der Waals surface area contributed by atoms with E-state index in [-0.39, 0.29) is 11.9 Å². The summed E-state index contributed by atoms with van der Waals surface area (Å²) >= 11 is 6.01. The Labute approximate surface area is 131 Å². The third-order valence-corrected chi connectivity index (χ3v) is 4.07. The van der Waals surface area contributed by atoms with Crippen LogP contribution in [0, 0.1) is 0 Å². The highest BCUT2D eigenvalue weighted by Gasteiger charge is 2.30. The Morgan fingerprint density at radius 1 is 1.57 bits per heavy atom. The van der Waals surface area contributed by atoms with Crippen molar-refractivity contribution in [3.05, 3.63) is 28.8 Å². The summed E-state index contributed by atoms with van der Waals surface area (Å²) in [6.07, 6.45) is 3.25. The highest BCUT2D eigenvalue weighted by Crippen LogP contribution is 2.33. The number of hydrogen-bond acceptors (Lipinski definition) is 3. The van der Waals surface area contributed by atoms with E-state index in [0.717, 1.165) is 30.6 Å². The Kier molecular flexibility index (Phi) is 5.12. The van der Waals surface area contributed by atoms with E-state index in [1.807, 2.05) is 19.1 Å². The number of amides is 1. The molecule has 2 unspecified atom stereocenters. The van der Waals surface area contributed by atoms with Crippen molar-refractivity contribution >= 4 is 17.5 Å². The Morgan fingerprint density at radius 3 is 3.05 bits per heavy atom. The maximum Gasteiger partial charge on any atom is 0.240 e. The SMILES string of the molecule is CCCC(C)(N)C(=O)NC1CCCOc2cc(Cl)ccc21. The second-order valence-electron chi connectivity index (χ2n) is 5.87. The normalized spacial score (nSPS) is 20.7. The van der Waals surface area contributed by atoms with Crippen LogP contribution in [-0.2, 0) is 4.79 Å². The molecule has 3 N–H and O–H groups in total. The minimum absolute atomic E-state index is 0.0769. The molecule has 0 aliphatic carbocycles. The zero-order chi connectivity index (χ0) is 15.5. The summed E-state index contributed by atoms with van der Waals surface area (Å²) in [7, 11) is 0. The fraction of sp³-hybridized carbons (Fsp3) is 0.562. The average Bonchev–Trinajstić information content (AvgIpc) is 2.60. The molecular formula is C16H23ClN2O2. The van der Waals surface area contributed by atoms with Crippen molar-refractivity contribution in [1.82, 2.24) is 5.32 Å². The molecule has 1 aliphatic heterocycles. The molecule has 1 heterocycles. The number of hydrogen-bond donors (Lipinski definition) is 2. The second kappa shape index (κ2) is 6.67. The molecule has 2 rings (SSSR count). The van der Waals surface area contributed by atoms with E-state index in [4.69, 9.17) is 22.1 Å². The van der Waals surface area contributed by atoms with Gasteiger partial charge in [0, 0.05) is 10.6 Å². The molecular weight excluding hydrogens is 288 g/mol. The topological polar surface area (TPSA) is 64.4 Å². The highest BCUT2D eigenvalue weighted by atomic mass is 35.5. The van der Waals surface area contributed by atoms with E-state index < -0.39 is 5.54 Å². The summed E-state index contributed by atoms with van der Waals surface area (Å²) in [6, 6.07) is 5.46. The Bertz CT molecular complexity index is 517. The fourth-order valence-electron chi connectivity index (χ4n) is 2.65. The molecule has 5 heteroatoms. The first-order valence-corrected chi connectivity index (χ1v) is 7.84. The van der Waals surface area contributed by atoms with Crippen LogP contribution in [0.2, 0.25) is 5.02 Å². The average molecular weight is 311 g/mol. The number of fused-ring (bicyclic) bond motifs is 1. The lowest BCUT2D eigenvalue weighted by atomic mass is 9.94. The maximum absolute atomic E-state index is 12.4. The molecule has 1 aliphatic rings. The summed E-state index contributed by atoms with van der Waals surface area (Å²) in [5, 5.41) is 3.71. The minimum Gasteiger partial charge on any atom is -0.493 e. The number of halogens is 1. The van der Waals surface area contributed by atoms with Gasteiger partial charge in [-0.3, -0.25) is 4.79 Å². The molecule has 2 atom stereocenters. The van der Waals surface area contributed by atoms with Crippen molar-refractivity contribution < 1.29 is 9.53 Å². The number of ether oxygens (including phenoxy) is 1. The molecule has 1 amide bonds. The van der Waals surface area contributed by atoms with Crippen LogP contribution in [-0.4, -0.2) is 18.1 Å². The zero-order valence-electron chi connectivity index (χ0n) is 12.6. The van der Waals surface area contributed by atoms with Crippen molar-refractivity contribution in [2.75, 3.05) is 6.61 Å². The van der Waals surface area contributed by atoms with Gasteiger partial charge in [-0.15, -0.1) is 0 Å². The second-order valence-corrected chi connectivity index (χ2v) is 6.30. The molecule has 0 fully saturated rings. The van der Waals surface area contributed by atoms with Gasteiger partial charge in [0.05, 0.1) is 18.2 Å². The van der Waals surface area contributed by atoms with Gasteiger partial charge in [0.25, 0.3) is 0 Å². The van der Waals surface area contributed by atoms with Crippen LogP contribution in [0.15, 0.2) is 18.2 Å². The molecule has 116 valence electrons. The lowest BCUT2D eigenvalue weighted by molar-refractivity contribution is -0.126. The summed E-state index contributed by atoms with van der Waals surface area (Å²) in [4.78, 5) is 12.4. The van der Waals surface area contributed by atoms with E-state index in [1.54, 1.807) is 13.0 Å². The van der Waals surface area contributed by atoms with E-state index in [9.17, 15) is 4.79 Å². The van der Waals surface area contributed by atoms with Gasteiger partial charge in [0.15, 0.2) is 0 Å². The van der Waals surface area contributed by atoms with Crippen molar-refractivity contribution in [3.63, 3.8) is 0 Å². The predicted octanol–water partition coefficient (Wildman–Crippen LogP) is 3.19. The van der Waals surface area contributed by atoms with Crippen molar-refractivity contribution in [1.29, 1.82) is 0 Å². The van der Waals surface area contributed by atoms with Crippen molar-refractivity contribution in [2.45, 2.75) is 51.1 Å². The van der Waals surface area contributed by atoms with E-state index >= 15 is 0 Å². The van der Waals surface area contributed by atoms with Crippen LogP contribution in [0.5, 0.6) is 5.75 Å². The summed E-state index contributed by atoms with van der Waals surface area (Å²) in [6.45, 7) is 4.44. The van der Waals surface area contributed by atoms with E-state index in [0.29, 0.717) is 18.1 Å². The Hall–Kier alpha value is -1.26. The number of carbonyl (C=O) groups is 1. The Morgan fingerprint density at radius 2 is 2.33 bits per heavy atom. The number of carbonyl (C=O) groups excluding carboxylic acids is 1. The van der Waals surface area contributed by atoms with Gasteiger partial charge in [-0.1, -0.05) is 31.0 Å². The standard InChI is InChI=1S/C16H23ClN2O2/c1-3-8-16(2,18)15(20)19-13-5-4-9-21-14-10-11(17)6-7-12(13)14/h6-7,10,13H,3-5,8-9,18H2,1-2H3,(H,19,20). The van der Waals surface area contributed by atoms with Gasteiger partial charge in [-0.2, -0.15) is 0 Å². The van der Waals surface area contributed by atoms with Crippen LogP contribution < -0.4 is 15.8 Å². The summed E-state index contributed by atoms with van der Waals surface area (Å²) in [5.74, 6) is 0.636. The van der Waals surface area contributed by atoms with Gasteiger partial charge < -0.3 is 15.8 Å².